The minimum atomic E-state index is -0.636. The molecule has 0 radical (unpaired) electrons. The van der Waals surface area contributed by atoms with Crippen LogP contribution in [0.25, 0.3) is 0 Å². The van der Waals surface area contributed by atoms with Crippen molar-refractivity contribution in [3.05, 3.63) is 95.9 Å². The predicted octanol–water partition coefficient (Wildman–Crippen LogP) is 6.24. The number of nitro groups is 1. The smallest absolute Gasteiger partial charge is 0.271 e. The molecular weight excluding hydrogens is 530 g/mol. The molecule has 158 valence electrons. The summed E-state index contributed by atoms with van der Waals surface area (Å²) in [6, 6.07) is 14.3. The molecule has 3 aromatic carbocycles. The van der Waals surface area contributed by atoms with Crippen molar-refractivity contribution in [1.82, 2.24) is 0 Å². The number of non-ortho nitro benzene ring substituents is 1. The molecule has 0 aliphatic heterocycles. The lowest BCUT2D eigenvalue weighted by Crippen LogP contribution is -2.17. The average molecular weight is 547 g/mol. The van der Waals surface area contributed by atoms with Gasteiger partial charge in [-0.2, -0.15) is 0 Å². The van der Waals surface area contributed by atoms with Gasteiger partial charge in [0.2, 0.25) is 0 Å². The quantitative estimate of drug-likeness (QED) is 0.292. The Morgan fingerprint density at radius 2 is 1.19 bits per heavy atom. The molecule has 0 bridgehead atoms. The Hall–Kier alpha value is -3.04. The third-order valence-corrected chi connectivity index (χ3v) is 5.51. The topological polar surface area (TPSA) is 101 Å². The molecule has 2 amide bonds. The standard InChI is InChI=1S/C22H17Br2N3O4/c1-12-7-16(23)3-5-19(12)25-21(28)14-9-15(11-18(10-14)27(30)31)22(29)26-20-6-4-17(24)8-13(20)2/h3-11H,1-2H3,(H,25,28)(H,26,29). The van der Waals surface area contributed by atoms with Crippen molar-refractivity contribution in [3.8, 4) is 0 Å². The van der Waals surface area contributed by atoms with Crippen molar-refractivity contribution < 1.29 is 14.5 Å². The number of nitrogens with zero attached hydrogens (tertiary/aromatic N) is 1. The summed E-state index contributed by atoms with van der Waals surface area (Å²) in [6.07, 6.45) is 0. The molecule has 0 aliphatic carbocycles. The van der Waals surface area contributed by atoms with Gasteiger partial charge in [0.1, 0.15) is 0 Å². The first-order valence-electron chi connectivity index (χ1n) is 9.08. The van der Waals surface area contributed by atoms with Gasteiger partial charge in [-0.25, -0.2) is 0 Å². The number of halogens is 2. The van der Waals surface area contributed by atoms with Crippen molar-refractivity contribution in [2.45, 2.75) is 13.8 Å². The molecule has 3 aromatic rings. The molecule has 0 unspecified atom stereocenters. The first-order valence-corrected chi connectivity index (χ1v) is 10.7. The van der Waals surface area contributed by atoms with Crippen LogP contribution >= 0.6 is 31.9 Å². The summed E-state index contributed by atoms with van der Waals surface area (Å²) in [5.41, 5.74) is 2.43. The maximum atomic E-state index is 12.8. The SMILES string of the molecule is Cc1cc(Br)ccc1NC(=O)c1cc(C(=O)Nc2ccc(Br)cc2C)cc([N+](=O)[O-])c1. The molecule has 2 N–H and O–H groups in total. The number of hydrogen-bond donors (Lipinski definition) is 2. The lowest BCUT2D eigenvalue weighted by molar-refractivity contribution is -0.384. The number of amides is 2. The van der Waals surface area contributed by atoms with Gasteiger partial charge in [-0.05, 0) is 67.4 Å². The number of aryl methyl sites for hydroxylation is 2. The highest BCUT2D eigenvalue weighted by Gasteiger charge is 2.19. The minimum absolute atomic E-state index is 0.00852. The zero-order valence-electron chi connectivity index (χ0n) is 16.5. The number of carbonyl (C=O) groups is 2. The van der Waals surface area contributed by atoms with Crippen LogP contribution in [0, 0.1) is 24.0 Å². The van der Waals surface area contributed by atoms with Gasteiger partial charge in [-0.15, -0.1) is 0 Å². The molecule has 3 rings (SSSR count). The molecule has 0 aromatic heterocycles. The first-order chi connectivity index (χ1) is 14.6. The summed E-state index contributed by atoms with van der Waals surface area (Å²) in [6.45, 7) is 3.65. The van der Waals surface area contributed by atoms with E-state index in [4.69, 9.17) is 0 Å². The average Bonchev–Trinajstić information content (AvgIpc) is 2.71. The zero-order valence-corrected chi connectivity index (χ0v) is 19.7. The second kappa shape index (κ2) is 9.40. The Balaban J connectivity index is 1.92. The van der Waals surface area contributed by atoms with Crippen molar-refractivity contribution in [2.75, 3.05) is 10.6 Å². The highest BCUT2D eigenvalue weighted by Crippen LogP contribution is 2.24. The van der Waals surface area contributed by atoms with E-state index in [1.165, 1.54) is 6.07 Å². The van der Waals surface area contributed by atoms with Gasteiger partial charge in [0.05, 0.1) is 4.92 Å². The first kappa shape index (κ1) is 22.6. The van der Waals surface area contributed by atoms with Crippen LogP contribution in [-0.2, 0) is 0 Å². The fourth-order valence-electron chi connectivity index (χ4n) is 2.90. The van der Waals surface area contributed by atoms with Crippen molar-refractivity contribution in [2.24, 2.45) is 0 Å². The Labute approximate surface area is 195 Å². The van der Waals surface area contributed by atoms with Gasteiger partial charge in [-0.1, -0.05) is 31.9 Å². The van der Waals surface area contributed by atoms with Gasteiger partial charge in [-0.3, -0.25) is 19.7 Å². The molecule has 0 spiro atoms. The van der Waals surface area contributed by atoms with Crippen LogP contribution in [-0.4, -0.2) is 16.7 Å². The summed E-state index contributed by atoms with van der Waals surface area (Å²) in [7, 11) is 0. The van der Waals surface area contributed by atoms with Gasteiger partial charge < -0.3 is 10.6 Å². The van der Waals surface area contributed by atoms with E-state index in [2.05, 4.69) is 42.5 Å². The summed E-state index contributed by atoms with van der Waals surface area (Å²) in [5.74, 6) is -1.11. The van der Waals surface area contributed by atoms with E-state index in [9.17, 15) is 19.7 Å². The summed E-state index contributed by atoms with van der Waals surface area (Å²) < 4.78 is 1.72. The monoisotopic (exact) mass is 545 g/mol. The Morgan fingerprint density at radius 3 is 1.55 bits per heavy atom. The molecule has 0 fully saturated rings. The number of anilines is 2. The molecule has 0 saturated carbocycles. The van der Waals surface area contributed by atoms with Crippen LogP contribution in [0.2, 0.25) is 0 Å². The summed E-state index contributed by atoms with van der Waals surface area (Å²) >= 11 is 6.72. The second-order valence-corrected chi connectivity index (χ2v) is 8.68. The van der Waals surface area contributed by atoms with E-state index in [1.807, 2.05) is 26.0 Å². The maximum absolute atomic E-state index is 12.8. The van der Waals surface area contributed by atoms with Crippen molar-refractivity contribution in [3.63, 3.8) is 0 Å². The lowest BCUT2D eigenvalue weighted by Gasteiger charge is -2.11. The van der Waals surface area contributed by atoms with Crippen LogP contribution in [0.4, 0.5) is 17.1 Å². The van der Waals surface area contributed by atoms with Gasteiger partial charge in [0.25, 0.3) is 17.5 Å². The number of rotatable bonds is 5. The van der Waals surface area contributed by atoms with Gasteiger partial charge >= 0.3 is 0 Å². The normalized spacial score (nSPS) is 10.5. The number of nitro benzene ring substituents is 1. The molecule has 31 heavy (non-hydrogen) atoms. The van der Waals surface area contributed by atoms with Crippen LogP contribution in [0.3, 0.4) is 0 Å². The molecule has 0 heterocycles. The number of hydrogen-bond acceptors (Lipinski definition) is 4. The Morgan fingerprint density at radius 1 is 0.774 bits per heavy atom. The molecule has 0 aliphatic rings. The highest BCUT2D eigenvalue weighted by molar-refractivity contribution is 9.10. The lowest BCUT2D eigenvalue weighted by atomic mass is 10.1. The zero-order chi connectivity index (χ0) is 22.7. The largest absolute Gasteiger partial charge is 0.322 e. The highest BCUT2D eigenvalue weighted by atomic mass is 79.9. The molecule has 9 heteroatoms. The Bertz CT molecular complexity index is 1130. The predicted molar refractivity (Wildman–Crippen MR) is 127 cm³/mol. The van der Waals surface area contributed by atoms with Crippen LogP contribution in [0.5, 0.6) is 0 Å². The van der Waals surface area contributed by atoms with E-state index < -0.39 is 16.7 Å². The third kappa shape index (κ3) is 5.56. The van der Waals surface area contributed by atoms with E-state index in [1.54, 1.807) is 24.3 Å². The van der Waals surface area contributed by atoms with E-state index in [0.29, 0.717) is 11.4 Å². The fourth-order valence-corrected chi connectivity index (χ4v) is 3.85. The van der Waals surface area contributed by atoms with E-state index in [0.717, 1.165) is 32.2 Å². The Kier molecular flexibility index (Phi) is 6.87. The fraction of sp³-hybridized carbons (Fsp3) is 0.0909. The number of carbonyl (C=O) groups excluding carboxylic acids is 2. The minimum Gasteiger partial charge on any atom is -0.322 e. The molecular formula is C22H17Br2N3O4. The van der Waals surface area contributed by atoms with E-state index >= 15 is 0 Å². The molecule has 0 saturated heterocycles. The second-order valence-electron chi connectivity index (χ2n) is 6.85. The third-order valence-electron chi connectivity index (χ3n) is 4.53. The maximum Gasteiger partial charge on any atom is 0.271 e. The molecule has 0 atom stereocenters. The van der Waals surface area contributed by atoms with Crippen molar-refractivity contribution >= 4 is 60.7 Å². The van der Waals surface area contributed by atoms with Gasteiger partial charge in [0.15, 0.2) is 0 Å². The van der Waals surface area contributed by atoms with Gasteiger partial charge in [0, 0.05) is 43.6 Å². The molecule has 7 nitrogen and oxygen atoms in total. The van der Waals surface area contributed by atoms with Crippen LogP contribution in [0.15, 0.2) is 63.5 Å². The summed E-state index contributed by atoms with van der Waals surface area (Å²) in [5, 5.41) is 16.8. The summed E-state index contributed by atoms with van der Waals surface area (Å²) in [4.78, 5) is 36.3. The van der Waals surface area contributed by atoms with E-state index in [-0.39, 0.29) is 16.8 Å². The number of benzene rings is 3. The van der Waals surface area contributed by atoms with Crippen molar-refractivity contribution in [1.29, 1.82) is 0 Å². The van der Waals surface area contributed by atoms with Crippen LogP contribution < -0.4 is 10.6 Å². The number of nitrogens with one attached hydrogen (secondary N) is 2. The van der Waals surface area contributed by atoms with Crippen LogP contribution in [0.1, 0.15) is 31.8 Å².